The van der Waals surface area contributed by atoms with E-state index >= 15 is 0 Å². The number of ether oxygens (including phenoxy) is 3. The summed E-state index contributed by atoms with van der Waals surface area (Å²) in [5.74, 6) is 1.47. The Bertz CT molecular complexity index is 1110. The first-order valence-corrected chi connectivity index (χ1v) is 20.4. The van der Waals surface area contributed by atoms with Gasteiger partial charge in [-0.1, -0.05) is 24.2 Å². The lowest BCUT2D eigenvalue weighted by atomic mass is 10.3. The van der Waals surface area contributed by atoms with Crippen LogP contribution in [0.1, 0.15) is 19.3 Å². The zero-order chi connectivity index (χ0) is 29.0. The van der Waals surface area contributed by atoms with Crippen LogP contribution in [0.15, 0.2) is 54.6 Å². The predicted molar refractivity (Wildman–Crippen MR) is 192 cm³/mol. The third kappa shape index (κ3) is 16.1. The lowest BCUT2D eigenvalue weighted by molar-refractivity contribution is 0.313. The van der Waals surface area contributed by atoms with Gasteiger partial charge in [0, 0.05) is 36.8 Å². The number of benzene rings is 3. The predicted octanol–water partition coefficient (Wildman–Crippen LogP) is 5.95. The summed E-state index contributed by atoms with van der Waals surface area (Å²) in [4.78, 5) is 0. The Morgan fingerprint density at radius 2 is 1.08 bits per heavy atom. The molecule has 0 heterocycles. The first-order chi connectivity index (χ1) is 18.7. The Kier molecular flexibility index (Phi) is 21.0. The van der Waals surface area contributed by atoms with Crippen molar-refractivity contribution in [3.63, 3.8) is 0 Å². The van der Waals surface area contributed by atoms with Gasteiger partial charge in [-0.05, 0) is 129 Å². The van der Waals surface area contributed by atoms with Gasteiger partial charge >= 0.3 is 0 Å². The molecule has 0 aliphatic rings. The molecule has 0 saturated heterocycles. The van der Waals surface area contributed by atoms with Crippen molar-refractivity contribution >= 4 is 98.5 Å². The molecule has 0 aliphatic heterocycles. The summed E-state index contributed by atoms with van der Waals surface area (Å²) in [5.41, 5.74) is 0. The molecule has 3 nitrogen and oxygen atoms in total. The Morgan fingerprint density at radius 3 is 1.64 bits per heavy atom. The highest BCUT2D eigenvalue weighted by Crippen LogP contribution is 2.24. The van der Waals surface area contributed by atoms with Gasteiger partial charge in [0.15, 0.2) is 0 Å². The number of halogens is 6. The molecule has 0 aliphatic carbocycles. The molecule has 0 spiro atoms. The minimum absolute atomic E-state index is 0.205. The third-order valence-corrected chi connectivity index (χ3v) is 9.87. The third-order valence-electron chi connectivity index (χ3n) is 4.97. The molecule has 0 saturated carbocycles. The highest BCUT2D eigenvalue weighted by atomic mass is 127. The van der Waals surface area contributed by atoms with Gasteiger partial charge in [0.25, 0.3) is 0 Å². The first-order valence-electron chi connectivity index (χ1n) is 13.0. The number of hydrogen-bond acceptors (Lipinski definition) is 3. The van der Waals surface area contributed by atoms with Crippen LogP contribution in [0.5, 0.6) is 17.2 Å². The highest BCUT2D eigenvalue weighted by molar-refractivity contribution is 14.1. The van der Waals surface area contributed by atoms with Gasteiger partial charge in [-0.15, -0.1) is 0 Å². The van der Waals surface area contributed by atoms with E-state index in [4.69, 9.17) is 14.2 Å². The standard InChI is InChI=1S/3C9H12FIOSi/c10-7-2-3-9(8(11)6-7)12-4-1-5-13;10-7-2-3-8(11)9(6-7)12-4-1-5-13;10-7-3-1-4-8(9(7)11)12-5-2-6-13/h2*2-3,6H,1,4-5H2,13H3;1,3-4H,2,5-6H2,13H3. The summed E-state index contributed by atoms with van der Waals surface area (Å²) in [6, 6.07) is 17.8. The fourth-order valence-electron chi connectivity index (χ4n) is 2.75. The molecule has 12 heteroatoms. The summed E-state index contributed by atoms with van der Waals surface area (Å²) in [6.07, 6.45) is 3.23. The molecule has 3 aromatic carbocycles. The lowest BCUT2D eigenvalue weighted by Gasteiger charge is -2.07. The molecule has 0 amide bonds. The van der Waals surface area contributed by atoms with Crippen molar-refractivity contribution in [1.29, 1.82) is 0 Å². The van der Waals surface area contributed by atoms with Crippen molar-refractivity contribution in [2.75, 3.05) is 19.8 Å². The molecule has 0 fully saturated rings. The Hall–Kier alpha value is -0.309. The van der Waals surface area contributed by atoms with E-state index in [1.165, 1.54) is 79.2 Å². The molecular weight excluding hydrogens is 894 g/mol. The molecule has 0 atom stereocenters. The van der Waals surface area contributed by atoms with Gasteiger partial charge in [0.1, 0.15) is 34.7 Å². The van der Waals surface area contributed by atoms with Crippen LogP contribution in [0, 0.1) is 28.2 Å². The monoisotopic (exact) mass is 930 g/mol. The van der Waals surface area contributed by atoms with Crippen molar-refractivity contribution in [2.45, 2.75) is 37.4 Å². The largest absolute Gasteiger partial charge is 0.492 e. The molecule has 39 heavy (non-hydrogen) atoms. The van der Waals surface area contributed by atoms with Crippen molar-refractivity contribution in [3.8, 4) is 17.2 Å². The van der Waals surface area contributed by atoms with Gasteiger partial charge in [-0.25, -0.2) is 13.2 Å². The van der Waals surface area contributed by atoms with Crippen LogP contribution in [0.4, 0.5) is 13.2 Å². The summed E-state index contributed by atoms with van der Waals surface area (Å²) < 4.78 is 57.2. The summed E-state index contributed by atoms with van der Waals surface area (Å²) in [6.45, 7) is 2.14. The van der Waals surface area contributed by atoms with Crippen molar-refractivity contribution < 1.29 is 27.4 Å². The van der Waals surface area contributed by atoms with E-state index in [1.54, 1.807) is 24.3 Å². The van der Waals surface area contributed by atoms with Gasteiger partial charge in [-0.2, -0.15) is 0 Å². The van der Waals surface area contributed by atoms with E-state index in [0.29, 0.717) is 28.3 Å². The highest BCUT2D eigenvalue weighted by Gasteiger charge is 2.05. The van der Waals surface area contributed by atoms with Gasteiger partial charge in [0.05, 0.1) is 30.5 Å². The molecule has 0 unspecified atom stereocenters. The second kappa shape index (κ2) is 22.3. The van der Waals surface area contributed by atoms with Crippen LogP contribution < -0.4 is 14.2 Å². The lowest BCUT2D eigenvalue weighted by Crippen LogP contribution is -1.99. The average molecular weight is 931 g/mol. The van der Waals surface area contributed by atoms with Crippen LogP contribution in [0.3, 0.4) is 0 Å². The van der Waals surface area contributed by atoms with E-state index in [9.17, 15) is 13.2 Å². The van der Waals surface area contributed by atoms with E-state index in [0.717, 1.165) is 38.8 Å². The molecular formula is C27H36F3I3O3Si3. The molecule has 3 aromatic rings. The van der Waals surface area contributed by atoms with Crippen LogP contribution in [0.25, 0.3) is 0 Å². The maximum atomic E-state index is 13.0. The van der Waals surface area contributed by atoms with Crippen LogP contribution in [-0.4, -0.2) is 50.5 Å². The van der Waals surface area contributed by atoms with E-state index in [1.807, 2.05) is 22.6 Å². The second-order valence-electron chi connectivity index (χ2n) is 8.31. The molecule has 3 rings (SSSR count). The van der Waals surface area contributed by atoms with Gasteiger partial charge in [-0.3, -0.25) is 0 Å². The summed E-state index contributed by atoms with van der Waals surface area (Å²) in [5, 5.41) is 0. The SMILES string of the molecule is Fc1ccc(I)c(OCCC[SiH3])c1.Fc1ccc(OCCC[SiH3])c(I)c1.Fc1cccc(OCCC[SiH3])c1I. The topological polar surface area (TPSA) is 27.7 Å². The van der Waals surface area contributed by atoms with Crippen LogP contribution in [0.2, 0.25) is 18.1 Å². The Balaban J connectivity index is 0.000000292. The van der Waals surface area contributed by atoms with Crippen molar-refractivity contribution in [3.05, 3.63) is 82.8 Å². The Labute approximate surface area is 280 Å². The van der Waals surface area contributed by atoms with E-state index in [-0.39, 0.29) is 17.5 Å². The van der Waals surface area contributed by atoms with Crippen molar-refractivity contribution in [1.82, 2.24) is 0 Å². The maximum absolute atomic E-state index is 13.0. The second-order valence-corrected chi connectivity index (χ2v) is 14.7. The zero-order valence-electron chi connectivity index (χ0n) is 22.6. The quantitative estimate of drug-likeness (QED) is 0.128. The van der Waals surface area contributed by atoms with Crippen molar-refractivity contribution in [2.24, 2.45) is 0 Å². The first kappa shape index (κ1) is 36.7. The van der Waals surface area contributed by atoms with E-state index < -0.39 is 0 Å². The van der Waals surface area contributed by atoms with Crippen LogP contribution >= 0.6 is 67.8 Å². The molecule has 0 radical (unpaired) electrons. The smallest absolute Gasteiger partial charge is 0.140 e. The minimum Gasteiger partial charge on any atom is -0.492 e. The fourth-order valence-corrected chi connectivity index (χ4v) is 5.26. The van der Waals surface area contributed by atoms with Crippen LogP contribution in [-0.2, 0) is 0 Å². The summed E-state index contributed by atoms with van der Waals surface area (Å²) in [7, 11) is 3.63. The maximum Gasteiger partial charge on any atom is 0.140 e. The van der Waals surface area contributed by atoms with E-state index in [2.05, 4.69) is 45.2 Å². The number of rotatable bonds is 12. The number of hydrogen-bond donors (Lipinski definition) is 0. The van der Waals surface area contributed by atoms with Gasteiger partial charge in [0.2, 0.25) is 0 Å². The Morgan fingerprint density at radius 1 is 0.564 bits per heavy atom. The minimum atomic E-state index is -0.235. The summed E-state index contributed by atoms with van der Waals surface area (Å²) >= 11 is 6.19. The van der Waals surface area contributed by atoms with Gasteiger partial charge < -0.3 is 14.2 Å². The fraction of sp³-hybridized carbons (Fsp3) is 0.333. The molecule has 0 aromatic heterocycles. The molecule has 0 bridgehead atoms. The zero-order valence-corrected chi connectivity index (χ0v) is 35.0. The average Bonchev–Trinajstić information content (AvgIpc) is 2.91. The molecule has 216 valence electrons. The normalized spacial score (nSPS) is 10.3. The molecule has 0 N–H and O–H groups in total.